The molecule has 114 valence electrons. The molecule has 1 saturated heterocycles. The Balaban J connectivity index is 1.91. The van der Waals surface area contributed by atoms with Crippen LogP contribution in [-0.4, -0.2) is 34.9 Å². The van der Waals surface area contributed by atoms with E-state index in [1.807, 2.05) is 0 Å². The summed E-state index contributed by atoms with van der Waals surface area (Å²) in [5.41, 5.74) is 2.18. The lowest BCUT2D eigenvalue weighted by Crippen LogP contribution is -2.44. The van der Waals surface area contributed by atoms with Gasteiger partial charge in [0.05, 0.1) is 5.54 Å². The number of aryl methyl sites for hydroxylation is 1. The number of nitrogens with one attached hydrogen (secondary N) is 1. The summed E-state index contributed by atoms with van der Waals surface area (Å²) in [4.78, 5) is 15.0. The van der Waals surface area contributed by atoms with Crippen molar-refractivity contribution >= 4 is 17.7 Å². The van der Waals surface area contributed by atoms with Crippen LogP contribution in [0.3, 0.4) is 0 Å². The maximum Gasteiger partial charge on any atom is 0.244 e. The highest BCUT2D eigenvalue weighted by molar-refractivity contribution is 7.98. The lowest BCUT2D eigenvalue weighted by atomic mass is 9.98. The third kappa shape index (κ3) is 2.71. The number of benzene rings is 1. The molecule has 21 heavy (non-hydrogen) atoms. The first-order chi connectivity index (χ1) is 10.2. The second-order valence-electron chi connectivity index (χ2n) is 6.24. The number of rotatable bonds is 4. The quantitative estimate of drug-likeness (QED) is 0.927. The van der Waals surface area contributed by atoms with E-state index in [2.05, 4.69) is 47.7 Å². The van der Waals surface area contributed by atoms with E-state index < -0.39 is 0 Å². The van der Waals surface area contributed by atoms with Crippen molar-refractivity contribution in [3.8, 4) is 0 Å². The van der Waals surface area contributed by atoms with Gasteiger partial charge in [0.1, 0.15) is 6.17 Å². The van der Waals surface area contributed by atoms with Crippen LogP contribution in [0.1, 0.15) is 43.0 Å². The summed E-state index contributed by atoms with van der Waals surface area (Å²) in [6, 6.07) is 8.53. The summed E-state index contributed by atoms with van der Waals surface area (Å²) in [6.45, 7) is 2.94. The first kappa shape index (κ1) is 14.9. The molecule has 1 heterocycles. The minimum Gasteiger partial charge on any atom is -0.320 e. The first-order valence-corrected chi connectivity index (χ1v) is 9.20. The molecular weight excluding hydrogens is 280 g/mol. The van der Waals surface area contributed by atoms with Gasteiger partial charge in [-0.25, -0.2) is 0 Å². The molecule has 1 aliphatic heterocycles. The Labute approximate surface area is 131 Å². The fraction of sp³-hybridized carbons (Fsp3) is 0.588. The predicted molar refractivity (Wildman–Crippen MR) is 88.3 cm³/mol. The lowest BCUT2D eigenvalue weighted by Gasteiger charge is -2.24. The molecule has 1 spiro atoms. The van der Waals surface area contributed by atoms with Crippen molar-refractivity contribution in [1.82, 2.24) is 10.2 Å². The lowest BCUT2D eigenvalue weighted by molar-refractivity contribution is -0.133. The van der Waals surface area contributed by atoms with E-state index in [9.17, 15) is 4.79 Å². The molecule has 1 N–H and O–H groups in total. The van der Waals surface area contributed by atoms with Gasteiger partial charge in [0.2, 0.25) is 5.91 Å². The predicted octanol–water partition coefficient (Wildman–Crippen LogP) is 3.10. The van der Waals surface area contributed by atoms with Crippen molar-refractivity contribution in [2.24, 2.45) is 0 Å². The standard InChI is InChI=1S/C17H24N2OS/c1-13-6-5-7-14(12-13)15-18-17(8-3-4-9-17)16(20)19(15)10-11-21-2/h5-7,12,15,18H,3-4,8-11H2,1-2H3. The largest absolute Gasteiger partial charge is 0.320 e. The molecule has 0 radical (unpaired) electrons. The average molecular weight is 304 g/mol. The van der Waals surface area contributed by atoms with Crippen molar-refractivity contribution in [3.05, 3.63) is 35.4 Å². The zero-order valence-electron chi connectivity index (χ0n) is 12.9. The Kier molecular flexibility index (Phi) is 4.27. The summed E-state index contributed by atoms with van der Waals surface area (Å²) in [7, 11) is 0. The maximum absolute atomic E-state index is 13.0. The maximum atomic E-state index is 13.0. The fourth-order valence-corrected chi connectivity index (χ4v) is 4.03. The van der Waals surface area contributed by atoms with Crippen LogP contribution >= 0.6 is 11.8 Å². The number of carbonyl (C=O) groups excluding carboxylic acids is 1. The van der Waals surface area contributed by atoms with Crippen LogP contribution in [0.15, 0.2) is 24.3 Å². The third-order valence-corrected chi connectivity index (χ3v) is 5.34. The molecule has 3 nitrogen and oxygen atoms in total. The van der Waals surface area contributed by atoms with Gasteiger partial charge in [0.25, 0.3) is 0 Å². The number of nitrogens with zero attached hydrogens (tertiary/aromatic N) is 1. The van der Waals surface area contributed by atoms with Crippen LogP contribution < -0.4 is 5.32 Å². The minimum atomic E-state index is -0.285. The average Bonchev–Trinajstić information content (AvgIpc) is 3.05. The highest BCUT2D eigenvalue weighted by Crippen LogP contribution is 2.40. The zero-order chi connectivity index (χ0) is 14.9. The van der Waals surface area contributed by atoms with E-state index in [0.717, 1.165) is 38.0 Å². The Morgan fingerprint density at radius 2 is 2.14 bits per heavy atom. The SMILES string of the molecule is CSCCN1C(=O)C2(CCCC2)NC1c1cccc(C)c1. The highest BCUT2D eigenvalue weighted by atomic mass is 32.2. The van der Waals surface area contributed by atoms with Gasteiger partial charge in [-0.15, -0.1) is 0 Å². The van der Waals surface area contributed by atoms with Gasteiger partial charge in [-0.05, 0) is 31.6 Å². The van der Waals surface area contributed by atoms with Gasteiger partial charge in [-0.1, -0.05) is 42.7 Å². The molecule has 1 aromatic rings. The summed E-state index contributed by atoms with van der Waals surface area (Å²) in [6.07, 6.45) is 6.45. The zero-order valence-corrected chi connectivity index (χ0v) is 13.7. The summed E-state index contributed by atoms with van der Waals surface area (Å²) < 4.78 is 0. The Morgan fingerprint density at radius 1 is 1.38 bits per heavy atom. The van der Waals surface area contributed by atoms with Crippen LogP contribution in [0.25, 0.3) is 0 Å². The van der Waals surface area contributed by atoms with Crippen molar-refractivity contribution in [2.75, 3.05) is 18.6 Å². The third-order valence-electron chi connectivity index (χ3n) is 4.75. The summed E-state index contributed by atoms with van der Waals surface area (Å²) in [5.74, 6) is 1.31. The van der Waals surface area contributed by atoms with Gasteiger partial charge in [-0.2, -0.15) is 11.8 Å². The highest BCUT2D eigenvalue weighted by Gasteiger charge is 2.52. The molecular formula is C17H24N2OS. The second kappa shape index (κ2) is 6.01. The molecule has 3 rings (SSSR count). The second-order valence-corrected chi connectivity index (χ2v) is 7.23. The van der Waals surface area contributed by atoms with E-state index in [1.54, 1.807) is 11.8 Å². The molecule has 1 atom stereocenters. The van der Waals surface area contributed by atoms with Crippen molar-refractivity contribution in [1.29, 1.82) is 0 Å². The Bertz CT molecular complexity index is 525. The molecule has 0 bridgehead atoms. The fourth-order valence-electron chi connectivity index (χ4n) is 3.65. The van der Waals surface area contributed by atoms with Crippen LogP contribution in [0.2, 0.25) is 0 Å². The number of carbonyl (C=O) groups is 1. The van der Waals surface area contributed by atoms with Gasteiger partial charge in [0.15, 0.2) is 0 Å². The molecule has 1 amide bonds. The molecule has 1 unspecified atom stereocenters. The number of amides is 1. The van der Waals surface area contributed by atoms with Crippen molar-refractivity contribution < 1.29 is 4.79 Å². The Hall–Kier alpha value is -1.00. The van der Waals surface area contributed by atoms with Crippen LogP contribution in [0.4, 0.5) is 0 Å². The molecule has 1 aliphatic carbocycles. The van der Waals surface area contributed by atoms with E-state index in [0.29, 0.717) is 5.91 Å². The van der Waals surface area contributed by atoms with Gasteiger partial charge >= 0.3 is 0 Å². The topological polar surface area (TPSA) is 32.3 Å². The first-order valence-electron chi connectivity index (χ1n) is 7.80. The minimum absolute atomic E-state index is 0.0441. The molecule has 1 aromatic carbocycles. The number of thioether (sulfide) groups is 1. The Morgan fingerprint density at radius 3 is 2.81 bits per heavy atom. The monoisotopic (exact) mass is 304 g/mol. The van der Waals surface area contributed by atoms with Gasteiger partial charge < -0.3 is 4.90 Å². The van der Waals surface area contributed by atoms with Crippen molar-refractivity contribution in [2.45, 2.75) is 44.3 Å². The summed E-state index contributed by atoms with van der Waals surface area (Å²) >= 11 is 1.80. The molecule has 0 aromatic heterocycles. The molecule has 2 aliphatic rings. The van der Waals surface area contributed by atoms with E-state index in [1.165, 1.54) is 11.1 Å². The number of hydrogen-bond acceptors (Lipinski definition) is 3. The number of hydrogen-bond donors (Lipinski definition) is 1. The molecule has 4 heteroatoms. The molecule has 2 fully saturated rings. The molecule has 1 saturated carbocycles. The van der Waals surface area contributed by atoms with E-state index >= 15 is 0 Å². The van der Waals surface area contributed by atoms with Crippen LogP contribution in [-0.2, 0) is 4.79 Å². The van der Waals surface area contributed by atoms with Crippen LogP contribution in [0, 0.1) is 6.92 Å². The van der Waals surface area contributed by atoms with E-state index in [4.69, 9.17) is 0 Å². The normalized spacial score (nSPS) is 24.2. The van der Waals surface area contributed by atoms with Crippen LogP contribution in [0.5, 0.6) is 0 Å². The van der Waals surface area contributed by atoms with Gasteiger partial charge in [-0.3, -0.25) is 10.1 Å². The van der Waals surface area contributed by atoms with E-state index in [-0.39, 0.29) is 11.7 Å². The van der Waals surface area contributed by atoms with Gasteiger partial charge in [0, 0.05) is 12.3 Å². The summed E-state index contributed by atoms with van der Waals surface area (Å²) in [5, 5.41) is 3.69. The smallest absolute Gasteiger partial charge is 0.244 e. The van der Waals surface area contributed by atoms with Crippen molar-refractivity contribution in [3.63, 3.8) is 0 Å².